The van der Waals surface area contributed by atoms with Crippen molar-refractivity contribution >= 4 is 21.4 Å². The third kappa shape index (κ3) is 2.40. The topological polar surface area (TPSA) is 39.2 Å². The lowest BCUT2D eigenvalue weighted by Gasteiger charge is -2.05. The van der Waals surface area contributed by atoms with Gasteiger partial charge in [0.2, 0.25) is 0 Å². The summed E-state index contributed by atoms with van der Waals surface area (Å²) in [6.07, 6.45) is 0. The highest BCUT2D eigenvalue weighted by atomic mass is 32.1. The second-order valence-electron chi connectivity index (χ2n) is 4.32. The highest BCUT2D eigenvalue weighted by molar-refractivity contribution is 7.19. The number of para-hydroxylation sites is 1. The lowest BCUT2D eigenvalue weighted by molar-refractivity contribution is 0.438. The van der Waals surface area contributed by atoms with E-state index in [1.165, 1.54) is 23.5 Å². The molecule has 0 aliphatic heterocycles. The van der Waals surface area contributed by atoms with Crippen LogP contribution in [0.5, 0.6) is 10.9 Å². The van der Waals surface area contributed by atoms with E-state index in [1.807, 2.05) is 19.1 Å². The Bertz CT molecular complexity index is 845. The molecule has 0 spiro atoms. The molecule has 0 fully saturated rings. The molecule has 0 saturated carbocycles. The van der Waals surface area contributed by atoms with E-state index >= 15 is 0 Å². The van der Waals surface area contributed by atoms with E-state index < -0.39 is 5.82 Å². The predicted molar refractivity (Wildman–Crippen MR) is 77.1 cm³/mol. The Morgan fingerprint density at radius 2 is 2.00 bits per heavy atom. The van der Waals surface area contributed by atoms with E-state index in [0.717, 1.165) is 10.3 Å². The number of hydrogen-bond acceptors (Lipinski definition) is 4. The summed E-state index contributed by atoms with van der Waals surface area (Å²) in [5, 5.41) is 0.687. The summed E-state index contributed by atoms with van der Waals surface area (Å²) < 4.78 is 19.6. The molecule has 0 bridgehead atoms. The van der Waals surface area contributed by atoms with Gasteiger partial charge in [-0.2, -0.15) is 4.98 Å². The van der Waals surface area contributed by atoms with Crippen molar-refractivity contribution in [2.75, 3.05) is 0 Å². The first-order chi connectivity index (χ1) is 9.63. The van der Waals surface area contributed by atoms with Gasteiger partial charge in [-0.3, -0.25) is 4.79 Å². The molecule has 3 rings (SSSR count). The van der Waals surface area contributed by atoms with Crippen LogP contribution in [0.4, 0.5) is 4.39 Å². The van der Waals surface area contributed by atoms with E-state index in [0.29, 0.717) is 5.39 Å². The number of aryl methyl sites for hydroxylation is 1. The summed E-state index contributed by atoms with van der Waals surface area (Å²) in [6.45, 7) is 1.91. The molecule has 0 saturated heterocycles. The Morgan fingerprint density at radius 1 is 1.20 bits per heavy atom. The largest absolute Gasteiger partial charge is 0.428 e. The first-order valence-corrected chi connectivity index (χ1v) is 6.79. The number of rotatable bonds is 2. The SMILES string of the molecule is Cc1ccc2sc(Oc3ccccc3F)nc(=O)c2c1. The maximum atomic E-state index is 13.5. The number of ether oxygens (including phenoxy) is 1. The van der Waals surface area contributed by atoms with Crippen molar-refractivity contribution in [1.29, 1.82) is 0 Å². The van der Waals surface area contributed by atoms with E-state index in [9.17, 15) is 9.18 Å². The molecule has 0 radical (unpaired) electrons. The molecule has 100 valence electrons. The first-order valence-electron chi connectivity index (χ1n) is 5.97. The maximum Gasteiger partial charge on any atom is 0.282 e. The van der Waals surface area contributed by atoms with Crippen molar-refractivity contribution in [2.45, 2.75) is 6.92 Å². The average molecular weight is 287 g/mol. The predicted octanol–water partition coefficient (Wildman–Crippen LogP) is 3.90. The second kappa shape index (κ2) is 5.02. The Labute approximate surface area is 118 Å². The van der Waals surface area contributed by atoms with Crippen LogP contribution in [0.25, 0.3) is 10.1 Å². The van der Waals surface area contributed by atoms with Gasteiger partial charge in [-0.05, 0) is 31.2 Å². The van der Waals surface area contributed by atoms with Crippen LogP contribution in [0, 0.1) is 12.7 Å². The van der Waals surface area contributed by atoms with Gasteiger partial charge in [0.15, 0.2) is 11.6 Å². The molecule has 0 amide bonds. The van der Waals surface area contributed by atoms with Gasteiger partial charge in [0.05, 0.1) is 5.39 Å². The molecule has 0 aliphatic rings. The lowest BCUT2D eigenvalue weighted by atomic mass is 10.2. The molecule has 2 aromatic carbocycles. The van der Waals surface area contributed by atoms with Crippen molar-refractivity contribution in [3.05, 3.63) is 64.2 Å². The van der Waals surface area contributed by atoms with Crippen molar-refractivity contribution in [3.63, 3.8) is 0 Å². The third-order valence-electron chi connectivity index (χ3n) is 2.79. The zero-order valence-electron chi connectivity index (χ0n) is 10.6. The number of fused-ring (bicyclic) bond motifs is 1. The maximum absolute atomic E-state index is 13.5. The van der Waals surface area contributed by atoms with Crippen LogP contribution in [0.2, 0.25) is 0 Å². The Hall–Kier alpha value is -2.27. The van der Waals surface area contributed by atoms with Crippen LogP contribution in [0.1, 0.15) is 5.56 Å². The van der Waals surface area contributed by atoms with Crippen molar-refractivity contribution in [3.8, 4) is 10.9 Å². The highest BCUT2D eigenvalue weighted by Crippen LogP contribution is 2.28. The van der Waals surface area contributed by atoms with Crippen LogP contribution in [0.15, 0.2) is 47.3 Å². The molecule has 0 aliphatic carbocycles. The quantitative estimate of drug-likeness (QED) is 0.717. The molecular weight excluding hydrogens is 277 g/mol. The number of halogens is 1. The number of hydrogen-bond donors (Lipinski definition) is 0. The molecule has 5 heteroatoms. The zero-order chi connectivity index (χ0) is 14.1. The molecule has 20 heavy (non-hydrogen) atoms. The summed E-state index contributed by atoms with van der Waals surface area (Å²) in [5.74, 6) is -0.430. The molecule has 0 unspecified atom stereocenters. The van der Waals surface area contributed by atoms with Gasteiger partial charge >= 0.3 is 0 Å². The summed E-state index contributed by atoms with van der Waals surface area (Å²) in [4.78, 5) is 15.8. The van der Waals surface area contributed by atoms with E-state index in [4.69, 9.17) is 4.74 Å². The van der Waals surface area contributed by atoms with Crippen LogP contribution >= 0.6 is 11.3 Å². The highest BCUT2D eigenvalue weighted by Gasteiger charge is 2.09. The minimum atomic E-state index is -0.488. The minimum Gasteiger partial charge on any atom is -0.428 e. The normalized spacial score (nSPS) is 10.7. The summed E-state index contributed by atoms with van der Waals surface area (Å²) in [5.41, 5.74) is 0.625. The standard InChI is InChI=1S/C15H10FNO2S/c1-9-6-7-13-10(8-9)14(18)17-15(20-13)19-12-5-3-2-4-11(12)16/h2-8H,1H3. The summed E-state index contributed by atoms with van der Waals surface area (Å²) >= 11 is 1.21. The van der Waals surface area contributed by atoms with Gasteiger partial charge < -0.3 is 4.74 Å². The van der Waals surface area contributed by atoms with Gasteiger partial charge in [0.25, 0.3) is 10.8 Å². The number of benzene rings is 2. The lowest BCUT2D eigenvalue weighted by Crippen LogP contribution is -2.06. The van der Waals surface area contributed by atoms with Crippen molar-refractivity contribution in [1.82, 2.24) is 4.98 Å². The monoisotopic (exact) mass is 287 g/mol. The van der Waals surface area contributed by atoms with E-state index in [2.05, 4.69) is 4.98 Å². The number of aromatic nitrogens is 1. The van der Waals surface area contributed by atoms with Gasteiger partial charge in [0.1, 0.15) is 0 Å². The molecule has 1 heterocycles. The van der Waals surface area contributed by atoms with Gasteiger partial charge in [-0.25, -0.2) is 4.39 Å². The Kier molecular flexibility index (Phi) is 3.20. The van der Waals surface area contributed by atoms with Crippen LogP contribution in [-0.2, 0) is 0 Å². The Balaban J connectivity index is 2.08. The molecule has 0 N–H and O–H groups in total. The fraction of sp³-hybridized carbons (Fsp3) is 0.0667. The first kappa shape index (κ1) is 12.7. The molecule has 3 nitrogen and oxygen atoms in total. The fourth-order valence-corrected chi connectivity index (χ4v) is 2.67. The Morgan fingerprint density at radius 3 is 2.80 bits per heavy atom. The van der Waals surface area contributed by atoms with Gasteiger partial charge in [0, 0.05) is 4.70 Å². The van der Waals surface area contributed by atoms with E-state index in [-0.39, 0.29) is 16.5 Å². The third-order valence-corrected chi connectivity index (χ3v) is 3.71. The second-order valence-corrected chi connectivity index (χ2v) is 5.31. The molecule has 3 aromatic rings. The fourth-order valence-electron chi connectivity index (χ4n) is 1.83. The molecule has 0 atom stereocenters. The van der Waals surface area contributed by atoms with Gasteiger partial charge in [-0.1, -0.05) is 35.1 Å². The zero-order valence-corrected chi connectivity index (χ0v) is 11.4. The van der Waals surface area contributed by atoms with Crippen LogP contribution in [0.3, 0.4) is 0 Å². The van der Waals surface area contributed by atoms with Gasteiger partial charge in [-0.15, -0.1) is 0 Å². The van der Waals surface area contributed by atoms with Crippen LogP contribution in [-0.4, -0.2) is 4.98 Å². The number of nitrogens with zero attached hydrogens (tertiary/aromatic N) is 1. The summed E-state index contributed by atoms with van der Waals surface area (Å²) in [6, 6.07) is 11.6. The smallest absolute Gasteiger partial charge is 0.282 e. The average Bonchev–Trinajstić information content (AvgIpc) is 2.42. The minimum absolute atomic E-state index is 0.0575. The van der Waals surface area contributed by atoms with Crippen molar-refractivity contribution in [2.24, 2.45) is 0 Å². The molecule has 1 aromatic heterocycles. The van der Waals surface area contributed by atoms with E-state index in [1.54, 1.807) is 18.2 Å². The molecular formula is C15H10FNO2S. The van der Waals surface area contributed by atoms with Crippen LogP contribution < -0.4 is 10.3 Å². The van der Waals surface area contributed by atoms with Crippen molar-refractivity contribution < 1.29 is 9.13 Å². The summed E-state index contributed by atoms with van der Waals surface area (Å²) in [7, 11) is 0.